The highest BCUT2D eigenvalue weighted by Crippen LogP contribution is 2.31. The average molecular weight is 757 g/mol. The molecule has 0 aliphatic carbocycles. The molecular weight excluding hydrogens is 696 g/mol. The Labute approximate surface area is 304 Å². The second kappa shape index (κ2) is 27.1. The molecule has 1 saturated heterocycles. The van der Waals surface area contributed by atoms with Crippen molar-refractivity contribution in [3.8, 4) is 0 Å². The van der Waals surface area contributed by atoms with E-state index in [1.54, 1.807) is 14.0 Å². The number of nitrogens with one attached hydrogen (secondary N) is 4. The van der Waals surface area contributed by atoms with Crippen LogP contribution in [0.5, 0.6) is 0 Å². The summed E-state index contributed by atoms with van der Waals surface area (Å²) >= 11 is 0. The van der Waals surface area contributed by atoms with Gasteiger partial charge in [-0.05, 0) is 19.8 Å². The van der Waals surface area contributed by atoms with Crippen LogP contribution in [0.25, 0.3) is 0 Å². The van der Waals surface area contributed by atoms with E-state index in [2.05, 4.69) is 21.3 Å². The number of amides is 4. The summed E-state index contributed by atoms with van der Waals surface area (Å²) in [5, 5.41) is 61.8. The van der Waals surface area contributed by atoms with Gasteiger partial charge in [-0.25, -0.2) is 0 Å². The Kier molecular flexibility index (Phi) is 24.7. The number of methoxy groups -OCH3 is 1. The molecule has 9 N–H and O–H groups in total. The van der Waals surface area contributed by atoms with E-state index >= 15 is 0 Å². The summed E-state index contributed by atoms with van der Waals surface area (Å²) in [4.78, 5) is 50.9. The van der Waals surface area contributed by atoms with Crippen LogP contribution in [-0.4, -0.2) is 184 Å². The van der Waals surface area contributed by atoms with Gasteiger partial charge in [0.15, 0.2) is 6.29 Å². The first-order chi connectivity index (χ1) is 24.8. The molecule has 1 aliphatic heterocycles. The van der Waals surface area contributed by atoms with Gasteiger partial charge in [0, 0.05) is 46.6 Å². The molecule has 52 heavy (non-hydrogen) atoms. The summed E-state index contributed by atoms with van der Waals surface area (Å²) in [6.07, 6.45) is -8.17. The highest BCUT2D eigenvalue weighted by molar-refractivity contribution is 5.91. The number of hydrogen-bond acceptors (Lipinski definition) is 16. The Morgan fingerprint density at radius 1 is 0.904 bits per heavy atom. The number of carbonyl (C=O) groups is 4. The predicted octanol–water partition coefficient (Wildman–Crippen LogP) is -3.97. The lowest BCUT2D eigenvalue weighted by atomic mass is 9.88. The molecule has 0 aromatic heterocycles. The summed E-state index contributed by atoms with van der Waals surface area (Å²) in [5.41, 5.74) is 0. The SMILES string of the molecule is CCCOCCNC(=O)CCC(NC(=O)C1(O)CC(O)C(NC(C)=O)C(C(O)C(O)CO)O1)C(=O)NCCOCCOC(C)OCCOCCOC. The van der Waals surface area contributed by atoms with Gasteiger partial charge in [0.1, 0.15) is 24.4 Å². The van der Waals surface area contributed by atoms with Gasteiger partial charge in [-0.15, -0.1) is 0 Å². The van der Waals surface area contributed by atoms with Crippen molar-refractivity contribution in [2.24, 2.45) is 0 Å². The van der Waals surface area contributed by atoms with Crippen LogP contribution in [0, 0.1) is 0 Å². The lowest BCUT2D eigenvalue weighted by Gasteiger charge is -2.45. The average Bonchev–Trinajstić information content (AvgIpc) is 3.10. The van der Waals surface area contributed by atoms with Gasteiger partial charge < -0.3 is 80.0 Å². The topological polar surface area (TPSA) is 282 Å². The lowest BCUT2D eigenvalue weighted by Crippen LogP contribution is -2.69. The second-order valence-electron chi connectivity index (χ2n) is 11.9. The smallest absolute Gasteiger partial charge is 0.280 e. The third-order valence-electron chi connectivity index (χ3n) is 7.56. The van der Waals surface area contributed by atoms with E-state index in [-0.39, 0.29) is 52.4 Å². The first-order valence-corrected chi connectivity index (χ1v) is 17.4. The van der Waals surface area contributed by atoms with Crippen LogP contribution in [0.15, 0.2) is 0 Å². The van der Waals surface area contributed by atoms with Gasteiger partial charge in [0.2, 0.25) is 23.5 Å². The fraction of sp³-hybridized carbons (Fsp3) is 0.875. The monoisotopic (exact) mass is 756 g/mol. The molecule has 8 unspecified atom stereocenters. The third kappa shape index (κ3) is 18.9. The molecule has 0 bridgehead atoms. The van der Waals surface area contributed by atoms with Gasteiger partial charge in [-0.2, -0.15) is 0 Å². The van der Waals surface area contributed by atoms with Crippen molar-refractivity contribution in [3.63, 3.8) is 0 Å². The summed E-state index contributed by atoms with van der Waals surface area (Å²) in [6.45, 7) is 7.00. The van der Waals surface area contributed by atoms with Crippen LogP contribution < -0.4 is 21.3 Å². The van der Waals surface area contributed by atoms with E-state index < -0.39 is 85.2 Å². The highest BCUT2D eigenvalue weighted by atomic mass is 16.7. The molecule has 8 atom stereocenters. The van der Waals surface area contributed by atoms with Gasteiger partial charge in [-0.3, -0.25) is 19.2 Å². The summed E-state index contributed by atoms with van der Waals surface area (Å²) in [6, 6.07) is -2.78. The molecule has 304 valence electrons. The van der Waals surface area contributed by atoms with Crippen molar-refractivity contribution >= 4 is 23.6 Å². The Bertz CT molecular complexity index is 1030. The van der Waals surface area contributed by atoms with E-state index in [0.29, 0.717) is 33.0 Å². The molecule has 1 fully saturated rings. The van der Waals surface area contributed by atoms with Crippen molar-refractivity contribution in [2.75, 3.05) is 86.3 Å². The predicted molar refractivity (Wildman–Crippen MR) is 180 cm³/mol. The minimum atomic E-state index is -2.87. The lowest BCUT2D eigenvalue weighted by molar-refractivity contribution is -0.287. The van der Waals surface area contributed by atoms with Crippen molar-refractivity contribution in [1.82, 2.24) is 21.3 Å². The zero-order chi connectivity index (χ0) is 38.9. The second-order valence-corrected chi connectivity index (χ2v) is 11.9. The van der Waals surface area contributed by atoms with Crippen molar-refractivity contribution < 1.29 is 77.9 Å². The molecule has 1 heterocycles. The standard InChI is InChI=1S/C32H60N4O16/c1-5-10-47-11-8-33-26(41)7-6-23(30(43)34-9-12-48-15-17-50-22(3)51-18-16-49-14-13-46-4)36-31(44)32(45)19-24(39)27(35-21(2)38)29(52-32)28(42)25(40)20-37/h22-25,27-29,37,39-40,42,45H,5-20H2,1-4H3,(H,33,41)(H,34,43)(H,35,38)(H,36,44). The van der Waals surface area contributed by atoms with Crippen LogP contribution in [0.2, 0.25) is 0 Å². The van der Waals surface area contributed by atoms with E-state index in [1.807, 2.05) is 6.92 Å². The fourth-order valence-corrected chi connectivity index (χ4v) is 4.87. The van der Waals surface area contributed by atoms with Gasteiger partial charge in [0.05, 0.1) is 71.6 Å². The number of aliphatic hydroxyl groups excluding tert-OH is 4. The van der Waals surface area contributed by atoms with Crippen LogP contribution in [0.3, 0.4) is 0 Å². The Morgan fingerprint density at radius 2 is 1.50 bits per heavy atom. The summed E-state index contributed by atoms with van der Waals surface area (Å²) in [5.74, 6) is -5.99. The van der Waals surface area contributed by atoms with Crippen molar-refractivity contribution in [3.05, 3.63) is 0 Å². The van der Waals surface area contributed by atoms with Gasteiger partial charge in [-0.1, -0.05) is 6.92 Å². The molecule has 20 nitrogen and oxygen atoms in total. The molecule has 4 amide bonds. The number of hydrogen-bond donors (Lipinski definition) is 9. The highest BCUT2D eigenvalue weighted by Gasteiger charge is 2.54. The normalized spacial score (nSPS) is 22.5. The quantitative estimate of drug-likeness (QED) is 0.0260. The molecule has 0 saturated carbocycles. The van der Waals surface area contributed by atoms with Crippen LogP contribution in [-0.2, 0) is 52.3 Å². The van der Waals surface area contributed by atoms with E-state index in [1.165, 1.54) is 0 Å². The van der Waals surface area contributed by atoms with Crippen LogP contribution >= 0.6 is 0 Å². The van der Waals surface area contributed by atoms with Gasteiger partial charge in [0.25, 0.3) is 5.91 Å². The zero-order valence-corrected chi connectivity index (χ0v) is 30.6. The fourth-order valence-electron chi connectivity index (χ4n) is 4.87. The van der Waals surface area contributed by atoms with Gasteiger partial charge >= 0.3 is 0 Å². The van der Waals surface area contributed by atoms with E-state index in [4.69, 9.17) is 33.2 Å². The minimum Gasteiger partial charge on any atom is -0.394 e. The summed E-state index contributed by atoms with van der Waals surface area (Å²) < 4.78 is 37.4. The minimum absolute atomic E-state index is 0.00221. The van der Waals surface area contributed by atoms with E-state index in [9.17, 15) is 44.7 Å². The molecular formula is C32H60N4O16. The van der Waals surface area contributed by atoms with Crippen LogP contribution in [0.1, 0.15) is 46.5 Å². The molecule has 0 radical (unpaired) electrons. The molecule has 0 aromatic carbocycles. The van der Waals surface area contributed by atoms with E-state index in [0.717, 1.165) is 13.3 Å². The Balaban J connectivity index is 2.81. The Hall–Kier alpha value is -2.60. The van der Waals surface area contributed by atoms with Crippen molar-refractivity contribution in [1.29, 1.82) is 0 Å². The maximum absolute atomic E-state index is 13.4. The number of aliphatic hydroxyl groups is 5. The largest absolute Gasteiger partial charge is 0.394 e. The summed E-state index contributed by atoms with van der Waals surface area (Å²) in [7, 11) is 1.58. The maximum atomic E-state index is 13.4. The maximum Gasteiger partial charge on any atom is 0.280 e. The first-order valence-electron chi connectivity index (χ1n) is 17.4. The molecule has 0 aromatic rings. The molecule has 1 rings (SSSR count). The number of rotatable bonds is 29. The zero-order valence-electron chi connectivity index (χ0n) is 30.6. The van der Waals surface area contributed by atoms with Crippen LogP contribution in [0.4, 0.5) is 0 Å². The number of carbonyl (C=O) groups excluding carboxylic acids is 4. The molecule has 20 heteroatoms. The molecule has 1 aliphatic rings. The number of ether oxygens (including phenoxy) is 7. The van der Waals surface area contributed by atoms with Crippen molar-refractivity contribution in [2.45, 2.75) is 95.0 Å². The Morgan fingerprint density at radius 3 is 2.10 bits per heavy atom. The first kappa shape index (κ1) is 47.4. The molecule has 0 spiro atoms. The third-order valence-corrected chi connectivity index (χ3v) is 7.56.